The maximum absolute atomic E-state index is 12.5. The zero-order valence-corrected chi connectivity index (χ0v) is 15.4. The summed E-state index contributed by atoms with van der Waals surface area (Å²) in [5.74, 6) is 1.99. The van der Waals surface area contributed by atoms with Crippen LogP contribution in [0.4, 0.5) is 17.5 Å². The third kappa shape index (κ3) is 4.04. The van der Waals surface area contributed by atoms with Crippen molar-refractivity contribution in [3.05, 3.63) is 36.5 Å². The molecule has 1 amide bonds. The van der Waals surface area contributed by atoms with Gasteiger partial charge in [0.1, 0.15) is 17.6 Å². The number of carbonyl (C=O) groups excluding carboxylic acids is 1. The summed E-state index contributed by atoms with van der Waals surface area (Å²) in [5, 5.41) is 6.25. The average Bonchev–Trinajstić information content (AvgIpc) is 3.12. The molecule has 0 radical (unpaired) electrons. The first-order chi connectivity index (χ1) is 12.6. The third-order valence-electron chi connectivity index (χ3n) is 4.26. The molecule has 0 aliphatic carbocycles. The van der Waals surface area contributed by atoms with Crippen LogP contribution in [0.25, 0.3) is 0 Å². The van der Waals surface area contributed by atoms with Crippen molar-refractivity contribution in [1.29, 1.82) is 0 Å². The number of methoxy groups -OCH3 is 1. The van der Waals surface area contributed by atoms with E-state index in [4.69, 9.17) is 4.74 Å². The SMILES string of the molecule is COc1ccccc1Nc1ccnc(N2CCC[C@H]2C(=O)NC(C)C)n1. The molecule has 1 saturated heterocycles. The van der Waals surface area contributed by atoms with Gasteiger partial charge in [-0.1, -0.05) is 12.1 Å². The highest BCUT2D eigenvalue weighted by Crippen LogP contribution is 2.28. The molecule has 26 heavy (non-hydrogen) atoms. The maximum atomic E-state index is 12.5. The lowest BCUT2D eigenvalue weighted by Gasteiger charge is -2.25. The molecule has 2 heterocycles. The van der Waals surface area contributed by atoms with E-state index in [1.165, 1.54) is 0 Å². The molecule has 0 bridgehead atoms. The molecule has 0 saturated carbocycles. The number of amides is 1. The highest BCUT2D eigenvalue weighted by molar-refractivity contribution is 5.85. The Morgan fingerprint density at radius 3 is 2.88 bits per heavy atom. The van der Waals surface area contributed by atoms with Crippen LogP contribution >= 0.6 is 0 Å². The zero-order valence-electron chi connectivity index (χ0n) is 15.4. The molecule has 1 aliphatic rings. The van der Waals surface area contributed by atoms with Crippen molar-refractivity contribution in [1.82, 2.24) is 15.3 Å². The van der Waals surface area contributed by atoms with E-state index >= 15 is 0 Å². The summed E-state index contributed by atoms with van der Waals surface area (Å²) in [7, 11) is 1.63. The predicted molar refractivity (Wildman–Crippen MR) is 102 cm³/mol. The molecule has 3 rings (SSSR count). The van der Waals surface area contributed by atoms with Crippen molar-refractivity contribution in [2.75, 3.05) is 23.9 Å². The van der Waals surface area contributed by atoms with Gasteiger partial charge in [-0.3, -0.25) is 4.79 Å². The van der Waals surface area contributed by atoms with Gasteiger partial charge in [0.05, 0.1) is 12.8 Å². The van der Waals surface area contributed by atoms with Gasteiger partial charge < -0.3 is 20.3 Å². The van der Waals surface area contributed by atoms with Crippen LogP contribution in [0.2, 0.25) is 0 Å². The highest BCUT2D eigenvalue weighted by atomic mass is 16.5. The number of hydrogen-bond donors (Lipinski definition) is 2. The van der Waals surface area contributed by atoms with E-state index in [1.807, 2.05) is 43.0 Å². The molecule has 1 atom stereocenters. The number of nitrogens with zero attached hydrogens (tertiary/aromatic N) is 3. The molecule has 1 aliphatic heterocycles. The van der Waals surface area contributed by atoms with Gasteiger partial charge in [-0.05, 0) is 44.9 Å². The lowest BCUT2D eigenvalue weighted by Crippen LogP contribution is -2.46. The van der Waals surface area contributed by atoms with E-state index in [0.29, 0.717) is 11.8 Å². The number of carbonyl (C=O) groups is 1. The third-order valence-corrected chi connectivity index (χ3v) is 4.26. The Bertz CT molecular complexity index is 765. The Labute approximate surface area is 153 Å². The number of rotatable bonds is 6. The van der Waals surface area contributed by atoms with E-state index in [9.17, 15) is 4.79 Å². The number of hydrogen-bond acceptors (Lipinski definition) is 6. The topological polar surface area (TPSA) is 79.4 Å². The number of aromatic nitrogens is 2. The lowest BCUT2D eigenvalue weighted by atomic mass is 10.2. The minimum atomic E-state index is -0.223. The Kier molecular flexibility index (Phi) is 5.55. The van der Waals surface area contributed by atoms with Gasteiger partial charge in [-0.15, -0.1) is 0 Å². The predicted octanol–water partition coefficient (Wildman–Crippen LogP) is 2.72. The summed E-state index contributed by atoms with van der Waals surface area (Å²) in [5.41, 5.74) is 0.829. The van der Waals surface area contributed by atoms with Crippen LogP contribution in [0.5, 0.6) is 5.75 Å². The maximum Gasteiger partial charge on any atom is 0.243 e. The van der Waals surface area contributed by atoms with Gasteiger partial charge in [0.25, 0.3) is 0 Å². The summed E-state index contributed by atoms with van der Waals surface area (Å²) in [6.45, 7) is 4.70. The second-order valence-corrected chi connectivity index (χ2v) is 6.58. The molecule has 1 aromatic heterocycles. The van der Waals surface area contributed by atoms with E-state index in [2.05, 4.69) is 20.6 Å². The summed E-state index contributed by atoms with van der Waals surface area (Å²) >= 11 is 0. The van der Waals surface area contributed by atoms with Crippen molar-refractivity contribution < 1.29 is 9.53 Å². The van der Waals surface area contributed by atoms with E-state index in [-0.39, 0.29) is 18.0 Å². The van der Waals surface area contributed by atoms with Crippen molar-refractivity contribution in [3.63, 3.8) is 0 Å². The van der Waals surface area contributed by atoms with E-state index in [0.717, 1.165) is 30.8 Å². The number of para-hydroxylation sites is 2. The highest BCUT2D eigenvalue weighted by Gasteiger charge is 2.32. The van der Waals surface area contributed by atoms with E-state index in [1.54, 1.807) is 19.4 Å². The van der Waals surface area contributed by atoms with Crippen LogP contribution in [0.1, 0.15) is 26.7 Å². The van der Waals surface area contributed by atoms with Gasteiger partial charge in [0, 0.05) is 18.8 Å². The Balaban J connectivity index is 1.79. The normalized spacial score (nSPS) is 16.6. The molecule has 2 N–H and O–H groups in total. The fourth-order valence-electron chi connectivity index (χ4n) is 3.10. The molecule has 7 nitrogen and oxygen atoms in total. The van der Waals surface area contributed by atoms with Crippen LogP contribution in [-0.4, -0.2) is 41.6 Å². The molecule has 1 aromatic carbocycles. The average molecular weight is 355 g/mol. The van der Waals surface area contributed by atoms with Crippen molar-refractivity contribution in [2.24, 2.45) is 0 Å². The van der Waals surface area contributed by atoms with Gasteiger partial charge >= 0.3 is 0 Å². The quantitative estimate of drug-likeness (QED) is 0.829. The number of nitrogens with one attached hydrogen (secondary N) is 2. The fraction of sp³-hybridized carbons (Fsp3) is 0.421. The van der Waals surface area contributed by atoms with Gasteiger partial charge in [0.2, 0.25) is 11.9 Å². The van der Waals surface area contributed by atoms with Crippen LogP contribution in [0.3, 0.4) is 0 Å². The number of ether oxygens (including phenoxy) is 1. The second kappa shape index (κ2) is 8.03. The van der Waals surface area contributed by atoms with Gasteiger partial charge in [0.15, 0.2) is 0 Å². The molecular weight excluding hydrogens is 330 g/mol. The standard InChI is InChI=1S/C19H25N5O2/c1-13(2)21-18(25)15-8-6-12-24(15)19-20-11-10-17(23-19)22-14-7-4-5-9-16(14)26-3/h4-5,7,9-11,13,15H,6,8,12H2,1-3H3,(H,21,25)(H,20,22,23)/t15-/m0/s1. The van der Waals surface area contributed by atoms with Crippen LogP contribution in [-0.2, 0) is 4.79 Å². The zero-order chi connectivity index (χ0) is 18.5. The van der Waals surface area contributed by atoms with Crippen LogP contribution < -0.4 is 20.3 Å². The van der Waals surface area contributed by atoms with Crippen LogP contribution in [0.15, 0.2) is 36.5 Å². The minimum absolute atomic E-state index is 0.0317. The van der Waals surface area contributed by atoms with Crippen molar-refractivity contribution in [2.45, 2.75) is 38.8 Å². The second-order valence-electron chi connectivity index (χ2n) is 6.58. The molecular formula is C19H25N5O2. The first-order valence-corrected chi connectivity index (χ1v) is 8.88. The summed E-state index contributed by atoms with van der Waals surface area (Å²) in [6, 6.07) is 9.35. The first kappa shape index (κ1) is 18.0. The van der Waals surface area contributed by atoms with Gasteiger partial charge in [-0.25, -0.2) is 4.98 Å². The van der Waals surface area contributed by atoms with Crippen molar-refractivity contribution in [3.8, 4) is 5.75 Å². The number of anilines is 3. The Morgan fingerprint density at radius 2 is 2.12 bits per heavy atom. The fourth-order valence-corrected chi connectivity index (χ4v) is 3.10. The van der Waals surface area contributed by atoms with Crippen molar-refractivity contribution >= 4 is 23.4 Å². The molecule has 7 heteroatoms. The summed E-state index contributed by atoms with van der Waals surface area (Å²) in [4.78, 5) is 23.4. The molecule has 0 unspecified atom stereocenters. The van der Waals surface area contributed by atoms with Gasteiger partial charge in [-0.2, -0.15) is 4.98 Å². The summed E-state index contributed by atoms with van der Waals surface area (Å²) < 4.78 is 5.36. The first-order valence-electron chi connectivity index (χ1n) is 8.88. The monoisotopic (exact) mass is 355 g/mol. The lowest BCUT2D eigenvalue weighted by molar-refractivity contribution is -0.122. The number of benzene rings is 1. The Morgan fingerprint density at radius 1 is 1.31 bits per heavy atom. The van der Waals surface area contributed by atoms with Crippen LogP contribution in [0, 0.1) is 0 Å². The Hall–Kier alpha value is -2.83. The molecule has 2 aromatic rings. The molecule has 0 spiro atoms. The minimum Gasteiger partial charge on any atom is -0.495 e. The summed E-state index contributed by atoms with van der Waals surface area (Å²) in [6.07, 6.45) is 3.46. The molecule has 138 valence electrons. The molecule has 1 fully saturated rings. The smallest absolute Gasteiger partial charge is 0.243 e. The largest absolute Gasteiger partial charge is 0.495 e. The van der Waals surface area contributed by atoms with E-state index < -0.39 is 0 Å².